The van der Waals surface area contributed by atoms with E-state index in [2.05, 4.69) is 21.2 Å². The van der Waals surface area contributed by atoms with Crippen LogP contribution >= 0.6 is 27.5 Å². The van der Waals surface area contributed by atoms with E-state index in [1.807, 2.05) is 42.5 Å². The SMILES string of the molecule is O=C(COc1ccc2ccccc2c1)Nc1ccc(Br)c(Cl)c1. The summed E-state index contributed by atoms with van der Waals surface area (Å²) in [4.78, 5) is 12.0. The maximum absolute atomic E-state index is 12.0. The zero-order valence-corrected chi connectivity index (χ0v) is 14.4. The topological polar surface area (TPSA) is 38.3 Å². The number of ether oxygens (including phenoxy) is 1. The van der Waals surface area contributed by atoms with Crippen molar-refractivity contribution in [2.75, 3.05) is 11.9 Å². The van der Waals surface area contributed by atoms with Crippen molar-refractivity contribution in [1.29, 1.82) is 0 Å². The van der Waals surface area contributed by atoms with Crippen molar-refractivity contribution >= 4 is 49.9 Å². The first-order valence-electron chi connectivity index (χ1n) is 6.98. The van der Waals surface area contributed by atoms with Gasteiger partial charge < -0.3 is 10.1 Å². The molecule has 0 spiro atoms. The van der Waals surface area contributed by atoms with Crippen LogP contribution in [-0.2, 0) is 4.79 Å². The van der Waals surface area contributed by atoms with Gasteiger partial charge >= 0.3 is 0 Å². The number of rotatable bonds is 4. The van der Waals surface area contributed by atoms with Crippen LogP contribution in [0.25, 0.3) is 10.8 Å². The third kappa shape index (κ3) is 4.03. The Labute approximate surface area is 147 Å². The van der Waals surface area contributed by atoms with E-state index in [1.165, 1.54) is 0 Å². The number of carbonyl (C=O) groups is 1. The van der Waals surface area contributed by atoms with Gasteiger partial charge in [0.05, 0.1) is 5.02 Å². The number of benzene rings is 3. The molecule has 0 radical (unpaired) electrons. The average Bonchev–Trinajstić information content (AvgIpc) is 2.56. The van der Waals surface area contributed by atoms with Gasteiger partial charge in [-0.3, -0.25) is 4.79 Å². The lowest BCUT2D eigenvalue weighted by Crippen LogP contribution is -2.20. The van der Waals surface area contributed by atoms with Gasteiger partial charge in [0.1, 0.15) is 5.75 Å². The van der Waals surface area contributed by atoms with Crippen molar-refractivity contribution in [2.24, 2.45) is 0 Å². The second-order valence-electron chi connectivity index (χ2n) is 4.97. The summed E-state index contributed by atoms with van der Waals surface area (Å²) in [7, 11) is 0. The summed E-state index contributed by atoms with van der Waals surface area (Å²) < 4.78 is 6.33. The summed E-state index contributed by atoms with van der Waals surface area (Å²) in [6.45, 7) is -0.0635. The van der Waals surface area contributed by atoms with Crippen LogP contribution in [0.3, 0.4) is 0 Å². The summed E-state index contributed by atoms with van der Waals surface area (Å²) in [5, 5.41) is 5.50. The molecule has 0 fully saturated rings. The smallest absolute Gasteiger partial charge is 0.262 e. The van der Waals surface area contributed by atoms with Crippen molar-refractivity contribution in [1.82, 2.24) is 0 Å². The minimum atomic E-state index is -0.239. The molecule has 0 bridgehead atoms. The maximum atomic E-state index is 12.0. The van der Waals surface area contributed by atoms with Crippen LogP contribution in [0.4, 0.5) is 5.69 Å². The van der Waals surface area contributed by atoms with Crippen LogP contribution < -0.4 is 10.1 Å². The zero-order valence-electron chi connectivity index (χ0n) is 12.1. The number of hydrogen-bond acceptors (Lipinski definition) is 2. The van der Waals surface area contributed by atoms with Crippen LogP contribution in [0.15, 0.2) is 65.1 Å². The van der Waals surface area contributed by atoms with Crippen molar-refractivity contribution in [3.63, 3.8) is 0 Å². The zero-order chi connectivity index (χ0) is 16.2. The lowest BCUT2D eigenvalue weighted by atomic mass is 10.1. The quantitative estimate of drug-likeness (QED) is 0.659. The number of anilines is 1. The van der Waals surface area contributed by atoms with E-state index < -0.39 is 0 Å². The highest BCUT2D eigenvalue weighted by atomic mass is 79.9. The number of amides is 1. The molecule has 3 aromatic rings. The van der Waals surface area contributed by atoms with E-state index in [4.69, 9.17) is 16.3 Å². The molecule has 116 valence electrons. The molecule has 0 heterocycles. The Bertz CT molecular complexity index is 867. The van der Waals surface area contributed by atoms with Gasteiger partial charge in [-0.1, -0.05) is 41.9 Å². The van der Waals surface area contributed by atoms with Crippen molar-refractivity contribution in [3.05, 3.63) is 70.2 Å². The van der Waals surface area contributed by atoms with Gasteiger partial charge in [0.25, 0.3) is 5.91 Å². The summed E-state index contributed by atoms with van der Waals surface area (Å²) in [6, 6.07) is 19.0. The minimum Gasteiger partial charge on any atom is -0.484 e. The van der Waals surface area contributed by atoms with Crippen molar-refractivity contribution in [2.45, 2.75) is 0 Å². The Hall–Kier alpha value is -2.04. The number of carbonyl (C=O) groups excluding carboxylic acids is 1. The predicted octanol–water partition coefficient (Wildman–Crippen LogP) is 5.27. The normalized spacial score (nSPS) is 10.5. The Kier molecular flexibility index (Phi) is 4.84. The first-order valence-corrected chi connectivity index (χ1v) is 8.15. The van der Waals surface area contributed by atoms with Crippen molar-refractivity contribution in [3.8, 4) is 5.75 Å². The van der Waals surface area contributed by atoms with Gasteiger partial charge in [-0.25, -0.2) is 0 Å². The fourth-order valence-corrected chi connectivity index (χ4v) is 2.60. The summed E-state index contributed by atoms with van der Waals surface area (Å²) in [5.74, 6) is 0.421. The average molecular weight is 391 g/mol. The number of hydrogen-bond donors (Lipinski definition) is 1. The molecule has 3 rings (SSSR count). The monoisotopic (exact) mass is 389 g/mol. The number of fused-ring (bicyclic) bond motifs is 1. The minimum absolute atomic E-state index is 0.0635. The molecule has 5 heteroatoms. The van der Waals surface area contributed by atoms with Crippen LogP contribution in [0, 0.1) is 0 Å². The van der Waals surface area contributed by atoms with E-state index in [1.54, 1.807) is 18.2 Å². The summed E-state index contributed by atoms with van der Waals surface area (Å²) in [5.41, 5.74) is 0.630. The molecule has 0 saturated carbocycles. The molecule has 1 amide bonds. The Morgan fingerprint density at radius 1 is 1.04 bits per heavy atom. The number of nitrogens with one attached hydrogen (secondary N) is 1. The lowest BCUT2D eigenvalue weighted by molar-refractivity contribution is -0.118. The van der Waals surface area contributed by atoms with E-state index in [9.17, 15) is 4.79 Å². The Morgan fingerprint density at radius 3 is 2.61 bits per heavy atom. The van der Waals surface area contributed by atoms with Gasteiger partial charge in [0.15, 0.2) is 6.61 Å². The standard InChI is InChI=1S/C18H13BrClNO2/c19-16-8-6-14(10-17(16)20)21-18(22)11-23-15-7-5-12-3-1-2-4-13(12)9-15/h1-10H,11H2,(H,21,22). The molecular formula is C18H13BrClNO2. The predicted molar refractivity (Wildman–Crippen MR) is 97.2 cm³/mol. The van der Waals surface area contributed by atoms with Gasteiger partial charge in [-0.05, 0) is 57.0 Å². The summed E-state index contributed by atoms with van der Waals surface area (Å²) in [6.07, 6.45) is 0. The molecule has 1 N–H and O–H groups in total. The molecule has 0 saturated heterocycles. The van der Waals surface area contributed by atoms with Gasteiger partial charge in [0.2, 0.25) is 0 Å². The van der Waals surface area contributed by atoms with Crippen LogP contribution in [0.5, 0.6) is 5.75 Å². The van der Waals surface area contributed by atoms with Crippen LogP contribution in [0.2, 0.25) is 5.02 Å². The molecule has 3 nitrogen and oxygen atoms in total. The molecule has 23 heavy (non-hydrogen) atoms. The van der Waals surface area contributed by atoms with Gasteiger partial charge in [-0.2, -0.15) is 0 Å². The van der Waals surface area contributed by atoms with E-state index in [0.29, 0.717) is 16.5 Å². The third-order valence-electron chi connectivity index (χ3n) is 3.29. The third-order valence-corrected chi connectivity index (χ3v) is 4.53. The first kappa shape index (κ1) is 15.8. The second kappa shape index (κ2) is 7.02. The molecule has 3 aromatic carbocycles. The summed E-state index contributed by atoms with van der Waals surface area (Å²) >= 11 is 9.30. The van der Waals surface area contributed by atoms with E-state index in [0.717, 1.165) is 15.2 Å². The molecular weight excluding hydrogens is 378 g/mol. The van der Waals surface area contributed by atoms with E-state index >= 15 is 0 Å². The maximum Gasteiger partial charge on any atom is 0.262 e. The van der Waals surface area contributed by atoms with E-state index in [-0.39, 0.29) is 12.5 Å². The second-order valence-corrected chi connectivity index (χ2v) is 6.24. The largest absolute Gasteiger partial charge is 0.484 e. The fourth-order valence-electron chi connectivity index (χ4n) is 2.18. The highest BCUT2D eigenvalue weighted by molar-refractivity contribution is 9.10. The van der Waals surface area contributed by atoms with Gasteiger partial charge in [0, 0.05) is 10.2 Å². The molecule has 0 unspecified atom stereocenters. The highest BCUT2D eigenvalue weighted by Gasteiger charge is 2.06. The molecule has 0 aliphatic heterocycles. The molecule has 0 aliphatic carbocycles. The molecule has 0 aromatic heterocycles. The van der Waals surface area contributed by atoms with Crippen LogP contribution in [-0.4, -0.2) is 12.5 Å². The Morgan fingerprint density at radius 2 is 1.83 bits per heavy atom. The molecule has 0 aliphatic rings. The molecule has 0 atom stereocenters. The number of halogens is 2. The fraction of sp³-hybridized carbons (Fsp3) is 0.0556. The van der Waals surface area contributed by atoms with Crippen molar-refractivity contribution < 1.29 is 9.53 Å². The first-order chi connectivity index (χ1) is 11.1. The Balaban J connectivity index is 1.62. The van der Waals surface area contributed by atoms with Crippen LogP contribution in [0.1, 0.15) is 0 Å². The lowest BCUT2D eigenvalue weighted by Gasteiger charge is -2.09. The highest BCUT2D eigenvalue weighted by Crippen LogP contribution is 2.25. The van der Waals surface area contributed by atoms with Gasteiger partial charge in [-0.15, -0.1) is 0 Å².